The van der Waals surface area contributed by atoms with Gasteiger partial charge in [-0.15, -0.1) is 0 Å². The van der Waals surface area contributed by atoms with Crippen molar-refractivity contribution in [3.63, 3.8) is 0 Å². The molecule has 0 spiro atoms. The lowest BCUT2D eigenvalue weighted by Gasteiger charge is -2.15. The van der Waals surface area contributed by atoms with Gasteiger partial charge >= 0.3 is 0 Å². The van der Waals surface area contributed by atoms with Crippen LogP contribution in [0.4, 0.5) is 0 Å². The van der Waals surface area contributed by atoms with Gasteiger partial charge in [0.1, 0.15) is 6.61 Å². The van der Waals surface area contributed by atoms with Crippen LogP contribution in [0.3, 0.4) is 0 Å². The highest BCUT2D eigenvalue weighted by Crippen LogP contribution is 2.48. The molecule has 0 aliphatic heterocycles. The molecule has 2 N–H and O–H groups in total. The minimum absolute atomic E-state index is 0.114. The summed E-state index contributed by atoms with van der Waals surface area (Å²) in [5, 5.41) is 11.7. The van der Waals surface area contributed by atoms with Gasteiger partial charge < -0.3 is 10.4 Å². The van der Waals surface area contributed by atoms with E-state index in [1.165, 1.54) is 19.3 Å². The molecule has 1 aliphatic carbocycles. The fourth-order valence-corrected chi connectivity index (χ4v) is 2.41. The maximum Gasteiger partial charge on any atom is 0.252 e. The number of aromatic nitrogens is 1. The summed E-state index contributed by atoms with van der Waals surface area (Å²) in [5.41, 5.74) is 1.40. The minimum Gasteiger partial charge on any atom is -0.384 e. The lowest BCUT2D eigenvalue weighted by Crippen LogP contribution is -2.30. The Labute approximate surface area is 119 Å². The first kappa shape index (κ1) is 14.5. The summed E-state index contributed by atoms with van der Waals surface area (Å²) in [6.07, 6.45) is 7.86. The van der Waals surface area contributed by atoms with Crippen molar-refractivity contribution in [1.29, 1.82) is 0 Å². The Kier molecular flexibility index (Phi) is 4.75. The third-order valence-corrected chi connectivity index (χ3v) is 3.73. The number of nitrogens with zero attached hydrogens (tertiary/aromatic N) is 1. The van der Waals surface area contributed by atoms with Crippen molar-refractivity contribution >= 4 is 5.91 Å². The number of rotatable bonds is 5. The van der Waals surface area contributed by atoms with Crippen molar-refractivity contribution in [3.05, 3.63) is 29.6 Å². The molecule has 1 amide bonds. The average Bonchev–Trinajstić information content (AvgIpc) is 3.23. The summed E-state index contributed by atoms with van der Waals surface area (Å²) in [6, 6.07) is 1.66. The highest BCUT2D eigenvalue weighted by molar-refractivity contribution is 5.96. The molecule has 0 atom stereocenters. The molecular weight excluding hydrogens is 252 g/mol. The van der Waals surface area contributed by atoms with E-state index < -0.39 is 0 Å². The smallest absolute Gasteiger partial charge is 0.252 e. The summed E-state index contributed by atoms with van der Waals surface area (Å²) >= 11 is 0. The van der Waals surface area contributed by atoms with E-state index in [0.29, 0.717) is 16.5 Å². The SMILES string of the molecule is CCCC1(CNC(=O)c2ccncc2C#CCO)CC1. The summed E-state index contributed by atoms with van der Waals surface area (Å²) in [7, 11) is 0. The van der Waals surface area contributed by atoms with Crippen LogP contribution in [0.1, 0.15) is 48.5 Å². The minimum atomic E-state index is -0.227. The van der Waals surface area contributed by atoms with E-state index in [1.54, 1.807) is 18.5 Å². The third-order valence-electron chi connectivity index (χ3n) is 3.73. The van der Waals surface area contributed by atoms with E-state index in [2.05, 4.69) is 29.1 Å². The van der Waals surface area contributed by atoms with E-state index in [0.717, 1.165) is 13.0 Å². The Bertz CT molecular complexity index is 539. The molecule has 1 aliphatic rings. The molecule has 1 saturated carbocycles. The number of aliphatic hydroxyl groups is 1. The number of aliphatic hydroxyl groups excluding tert-OH is 1. The summed E-state index contributed by atoms with van der Waals surface area (Å²) in [5.74, 6) is 5.19. The van der Waals surface area contributed by atoms with E-state index in [1.807, 2.05) is 0 Å². The van der Waals surface area contributed by atoms with Crippen molar-refractivity contribution in [2.45, 2.75) is 32.6 Å². The Morgan fingerprint density at radius 2 is 2.35 bits per heavy atom. The number of hydrogen-bond acceptors (Lipinski definition) is 3. The Hall–Kier alpha value is -1.86. The van der Waals surface area contributed by atoms with Gasteiger partial charge in [-0.2, -0.15) is 0 Å². The first-order chi connectivity index (χ1) is 9.71. The maximum absolute atomic E-state index is 12.2. The molecule has 4 nitrogen and oxygen atoms in total. The van der Waals surface area contributed by atoms with Gasteiger partial charge in [-0.3, -0.25) is 9.78 Å². The zero-order chi connectivity index (χ0) is 14.4. The van der Waals surface area contributed by atoms with Crippen molar-refractivity contribution in [3.8, 4) is 11.8 Å². The van der Waals surface area contributed by atoms with E-state index in [4.69, 9.17) is 5.11 Å². The molecule has 1 aromatic heterocycles. The molecule has 1 fully saturated rings. The van der Waals surface area contributed by atoms with Gasteiger partial charge in [0.05, 0.1) is 11.1 Å². The normalized spacial score (nSPS) is 15.1. The summed E-state index contributed by atoms with van der Waals surface area (Å²) in [4.78, 5) is 16.2. The van der Waals surface area contributed by atoms with Crippen molar-refractivity contribution in [2.75, 3.05) is 13.2 Å². The lowest BCUT2D eigenvalue weighted by molar-refractivity contribution is 0.0943. The van der Waals surface area contributed by atoms with Crippen molar-refractivity contribution < 1.29 is 9.90 Å². The van der Waals surface area contributed by atoms with Crippen molar-refractivity contribution in [2.24, 2.45) is 5.41 Å². The summed E-state index contributed by atoms with van der Waals surface area (Å²) < 4.78 is 0. The number of nitrogens with one attached hydrogen (secondary N) is 1. The predicted molar refractivity (Wildman–Crippen MR) is 77.1 cm³/mol. The van der Waals surface area contributed by atoms with Crippen LogP contribution >= 0.6 is 0 Å². The van der Waals surface area contributed by atoms with E-state index in [9.17, 15) is 4.79 Å². The topological polar surface area (TPSA) is 62.2 Å². The van der Waals surface area contributed by atoms with Crippen LogP contribution in [-0.2, 0) is 0 Å². The number of amides is 1. The monoisotopic (exact) mass is 272 g/mol. The Morgan fingerprint density at radius 3 is 3.00 bits per heavy atom. The molecule has 1 aromatic rings. The predicted octanol–water partition coefficient (Wildman–Crippen LogP) is 1.74. The lowest BCUT2D eigenvalue weighted by atomic mass is 10.0. The Morgan fingerprint density at radius 1 is 1.55 bits per heavy atom. The number of carbonyl (C=O) groups excluding carboxylic acids is 1. The van der Waals surface area contributed by atoms with E-state index >= 15 is 0 Å². The number of pyridine rings is 1. The van der Waals surface area contributed by atoms with Crippen LogP contribution in [0.15, 0.2) is 18.5 Å². The molecule has 0 bridgehead atoms. The first-order valence-corrected chi connectivity index (χ1v) is 7.03. The molecule has 1 heterocycles. The van der Waals surface area contributed by atoms with Crippen LogP contribution in [0, 0.1) is 17.3 Å². The highest BCUT2D eigenvalue weighted by Gasteiger charge is 2.41. The molecule has 106 valence electrons. The van der Waals surface area contributed by atoms with Gasteiger partial charge in [0.2, 0.25) is 0 Å². The molecular formula is C16H20N2O2. The Balaban J connectivity index is 2.02. The number of hydrogen-bond donors (Lipinski definition) is 2. The van der Waals surface area contributed by atoms with Crippen LogP contribution in [0.5, 0.6) is 0 Å². The highest BCUT2D eigenvalue weighted by atomic mass is 16.2. The van der Waals surface area contributed by atoms with Crippen LogP contribution in [0.2, 0.25) is 0 Å². The second-order valence-corrected chi connectivity index (χ2v) is 5.31. The molecule has 20 heavy (non-hydrogen) atoms. The first-order valence-electron chi connectivity index (χ1n) is 7.03. The fraction of sp³-hybridized carbons (Fsp3) is 0.500. The van der Waals surface area contributed by atoms with Gasteiger partial charge in [-0.05, 0) is 30.7 Å². The standard InChI is InChI=1S/C16H20N2O2/c1-2-6-16(7-8-16)12-18-15(20)14-5-9-17-11-13(14)4-3-10-19/h5,9,11,19H,2,6-8,10,12H2,1H3,(H,18,20). The van der Waals surface area contributed by atoms with Gasteiger partial charge in [-0.25, -0.2) is 0 Å². The number of carbonyl (C=O) groups is 1. The van der Waals surface area contributed by atoms with Gasteiger partial charge in [0.25, 0.3) is 5.91 Å². The zero-order valence-corrected chi connectivity index (χ0v) is 11.8. The van der Waals surface area contributed by atoms with Gasteiger partial charge in [0, 0.05) is 18.9 Å². The van der Waals surface area contributed by atoms with Crippen LogP contribution in [-0.4, -0.2) is 29.1 Å². The van der Waals surface area contributed by atoms with Gasteiger partial charge in [-0.1, -0.05) is 25.2 Å². The molecule has 4 heteroatoms. The van der Waals surface area contributed by atoms with E-state index in [-0.39, 0.29) is 12.5 Å². The fourth-order valence-electron chi connectivity index (χ4n) is 2.41. The van der Waals surface area contributed by atoms with Crippen LogP contribution in [0.25, 0.3) is 0 Å². The molecule has 0 unspecified atom stereocenters. The molecule has 0 radical (unpaired) electrons. The second kappa shape index (κ2) is 6.53. The van der Waals surface area contributed by atoms with Crippen LogP contribution < -0.4 is 5.32 Å². The molecule has 0 aromatic carbocycles. The third kappa shape index (κ3) is 3.58. The second-order valence-electron chi connectivity index (χ2n) is 5.31. The zero-order valence-electron chi connectivity index (χ0n) is 11.8. The molecule has 0 saturated heterocycles. The maximum atomic E-state index is 12.2. The quantitative estimate of drug-likeness (QED) is 0.803. The average molecular weight is 272 g/mol. The molecule has 2 rings (SSSR count). The largest absolute Gasteiger partial charge is 0.384 e. The summed E-state index contributed by atoms with van der Waals surface area (Å²) in [6.45, 7) is 2.68. The van der Waals surface area contributed by atoms with Gasteiger partial charge in [0.15, 0.2) is 0 Å². The van der Waals surface area contributed by atoms with Crippen molar-refractivity contribution in [1.82, 2.24) is 10.3 Å².